The topological polar surface area (TPSA) is 104 Å². The molecule has 0 saturated carbocycles. The van der Waals surface area contributed by atoms with Gasteiger partial charge >= 0.3 is 12.0 Å². The molecule has 0 bridgehead atoms. The number of amides is 3. The van der Waals surface area contributed by atoms with E-state index in [4.69, 9.17) is 0 Å². The number of hydrogen-bond donors (Lipinski definition) is 2. The Morgan fingerprint density at radius 2 is 1.70 bits per heavy atom. The average molecular weight is 426 g/mol. The molecular weight excluding hydrogens is 404 g/mol. The lowest BCUT2D eigenvalue weighted by molar-refractivity contribution is -0.154. The van der Waals surface area contributed by atoms with Crippen molar-refractivity contribution in [1.29, 1.82) is 0 Å². The van der Waals surface area contributed by atoms with Gasteiger partial charge in [0.15, 0.2) is 5.54 Å². The van der Waals surface area contributed by atoms with Crippen molar-refractivity contribution in [1.82, 2.24) is 10.2 Å². The Balaban J connectivity index is 1.76. The maximum atomic E-state index is 13.1. The van der Waals surface area contributed by atoms with Crippen LogP contribution < -0.4 is 5.32 Å². The molecule has 2 N–H and O–H groups in total. The molecule has 1 heterocycles. The molecule has 2 atom stereocenters. The number of thioether (sulfide) groups is 1. The summed E-state index contributed by atoms with van der Waals surface area (Å²) in [5.41, 5.74) is -0.488. The fourth-order valence-corrected chi connectivity index (χ4v) is 4.20. The number of nitrogens with one attached hydrogen (secondary N) is 1. The minimum absolute atomic E-state index is 0.00351. The van der Waals surface area contributed by atoms with E-state index >= 15 is 0 Å². The second-order valence-electron chi connectivity index (χ2n) is 7.20. The zero-order valence-corrected chi connectivity index (χ0v) is 17.2. The monoisotopic (exact) mass is 426 g/mol. The van der Waals surface area contributed by atoms with E-state index in [1.807, 2.05) is 0 Å². The van der Waals surface area contributed by atoms with Gasteiger partial charge in [0.05, 0.1) is 6.54 Å². The van der Waals surface area contributed by atoms with Crippen LogP contribution in [-0.2, 0) is 16.0 Å². The lowest BCUT2D eigenvalue weighted by atomic mass is 9.89. The Morgan fingerprint density at radius 1 is 1.10 bits per heavy atom. The highest BCUT2D eigenvalue weighted by atomic mass is 32.2. The number of carbonyl (C=O) groups is 4. The first-order valence-corrected chi connectivity index (χ1v) is 10.4. The molecule has 7 nitrogen and oxygen atoms in total. The number of carboxylic acid groups (broad SMARTS) is 1. The fourth-order valence-electron chi connectivity index (χ4n) is 3.36. The van der Waals surface area contributed by atoms with Crippen LogP contribution in [0.4, 0.5) is 4.79 Å². The van der Waals surface area contributed by atoms with Crippen LogP contribution >= 0.6 is 11.8 Å². The molecule has 156 valence electrons. The van der Waals surface area contributed by atoms with E-state index in [9.17, 15) is 24.3 Å². The Kier molecular flexibility index (Phi) is 6.56. The summed E-state index contributed by atoms with van der Waals surface area (Å²) in [5, 5.41) is 12.3. The molecule has 1 unspecified atom stereocenters. The molecule has 3 amide bonds. The maximum Gasteiger partial charge on any atom is 0.332 e. The third-order valence-electron chi connectivity index (χ3n) is 5.02. The highest BCUT2D eigenvalue weighted by Gasteiger charge is 2.55. The van der Waals surface area contributed by atoms with Crippen molar-refractivity contribution in [3.05, 3.63) is 71.8 Å². The van der Waals surface area contributed by atoms with E-state index in [0.717, 1.165) is 16.7 Å². The van der Waals surface area contributed by atoms with Gasteiger partial charge in [-0.05, 0) is 5.56 Å². The van der Waals surface area contributed by atoms with Crippen molar-refractivity contribution < 1.29 is 24.3 Å². The van der Waals surface area contributed by atoms with Gasteiger partial charge in [0.1, 0.15) is 0 Å². The van der Waals surface area contributed by atoms with E-state index < -0.39 is 29.4 Å². The average Bonchev–Trinajstić information content (AvgIpc) is 3.09. The highest BCUT2D eigenvalue weighted by molar-refractivity contribution is 8.14. The molecule has 3 rings (SSSR count). The van der Waals surface area contributed by atoms with Crippen molar-refractivity contribution in [2.75, 3.05) is 12.3 Å². The predicted octanol–water partition coefficient (Wildman–Crippen LogP) is 2.81. The third-order valence-corrected chi connectivity index (χ3v) is 6.18. The smallest absolute Gasteiger partial charge is 0.332 e. The molecule has 0 radical (unpaired) electrons. The summed E-state index contributed by atoms with van der Waals surface area (Å²) < 4.78 is 0. The summed E-state index contributed by atoms with van der Waals surface area (Å²) in [7, 11) is 0. The van der Waals surface area contributed by atoms with E-state index in [2.05, 4.69) is 5.32 Å². The summed E-state index contributed by atoms with van der Waals surface area (Å²) in [6.45, 7) is 1.42. The fraction of sp³-hybridized carbons (Fsp3) is 0.273. The van der Waals surface area contributed by atoms with Crippen LogP contribution in [0.25, 0.3) is 0 Å². The van der Waals surface area contributed by atoms with E-state index in [1.165, 1.54) is 0 Å². The van der Waals surface area contributed by atoms with Gasteiger partial charge in [0.2, 0.25) is 11.0 Å². The zero-order valence-electron chi connectivity index (χ0n) is 16.4. The van der Waals surface area contributed by atoms with E-state index in [1.54, 1.807) is 67.6 Å². The molecule has 2 aromatic rings. The lowest BCUT2D eigenvalue weighted by Gasteiger charge is -2.33. The summed E-state index contributed by atoms with van der Waals surface area (Å²) in [5.74, 6) is -2.45. The first-order chi connectivity index (χ1) is 14.3. The molecule has 8 heteroatoms. The Bertz CT molecular complexity index is 951. The maximum absolute atomic E-state index is 13.1. The summed E-state index contributed by atoms with van der Waals surface area (Å²) >= 11 is 0.973. The highest BCUT2D eigenvalue weighted by Crippen LogP contribution is 2.29. The molecule has 0 spiro atoms. The van der Waals surface area contributed by atoms with Crippen LogP contribution in [0.1, 0.15) is 22.8 Å². The number of imide groups is 1. The largest absolute Gasteiger partial charge is 0.479 e. The van der Waals surface area contributed by atoms with Crippen molar-refractivity contribution >= 4 is 34.8 Å². The molecule has 2 aromatic carbocycles. The Morgan fingerprint density at radius 3 is 2.30 bits per heavy atom. The van der Waals surface area contributed by atoms with Gasteiger partial charge in [-0.15, -0.1) is 0 Å². The van der Waals surface area contributed by atoms with Crippen molar-refractivity contribution in [3.63, 3.8) is 0 Å². The molecule has 30 heavy (non-hydrogen) atoms. The van der Waals surface area contributed by atoms with Crippen molar-refractivity contribution in [2.24, 2.45) is 5.92 Å². The second-order valence-corrected chi connectivity index (χ2v) is 8.19. The minimum Gasteiger partial charge on any atom is -0.479 e. The normalized spacial score (nSPS) is 19.2. The number of rotatable bonds is 7. The standard InChI is InChI=1S/C22H22N2O5S/c1-15(13-30-19(26)17-10-6-3-7-11-17)18(25)24-21(29)23-14-22(24,20(27)28)12-16-8-4-2-5-9-16/h2-11,15H,12-14H2,1H3,(H,23,29)(H,27,28)/t15-,22?/m1/s1. The SMILES string of the molecule is C[C@H](CSC(=O)c1ccccc1)C(=O)N1C(=O)NCC1(Cc1ccccc1)C(=O)O. The van der Waals surface area contributed by atoms with Crippen LogP contribution in [0.15, 0.2) is 60.7 Å². The van der Waals surface area contributed by atoms with Crippen LogP contribution in [0.3, 0.4) is 0 Å². The lowest BCUT2D eigenvalue weighted by Crippen LogP contribution is -2.58. The summed E-state index contributed by atoms with van der Waals surface area (Å²) in [6.07, 6.45) is -0.00351. The summed E-state index contributed by atoms with van der Waals surface area (Å²) in [4.78, 5) is 50.9. The first-order valence-electron chi connectivity index (χ1n) is 9.46. The minimum atomic E-state index is -1.71. The number of benzene rings is 2. The number of carbonyl (C=O) groups excluding carboxylic acids is 3. The van der Waals surface area contributed by atoms with Crippen molar-refractivity contribution in [2.45, 2.75) is 18.9 Å². The van der Waals surface area contributed by atoms with Gasteiger partial charge in [0.25, 0.3) is 0 Å². The molecule has 0 aliphatic carbocycles. The molecule has 1 saturated heterocycles. The number of nitrogens with zero attached hydrogens (tertiary/aromatic N) is 1. The molecular formula is C22H22N2O5S. The second kappa shape index (κ2) is 9.13. The molecule has 1 aliphatic heterocycles. The van der Waals surface area contributed by atoms with Gasteiger partial charge in [-0.3, -0.25) is 9.59 Å². The predicted molar refractivity (Wildman–Crippen MR) is 113 cm³/mol. The quantitative estimate of drug-likeness (QED) is 0.706. The van der Waals surface area contributed by atoms with Crippen LogP contribution in [0, 0.1) is 5.92 Å². The third kappa shape index (κ3) is 4.38. The van der Waals surface area contributed by atoms with Gasteiger partial charge in [-0.2, -0.15) is 0 Å². The van der Waals surface area contributed by atoms with Crippen LogP contribution in [-0.4, -0.2) is 50.9 Å². The summed E-state index contributed by atoms with van der Waals surface area (Å²) in [6, 6.07) is 16.8. The Labute approximate surface area is 178 Å². The molecule has 1 fully saturated rings. The number of hydrogen-bond acceptors (Lipinski definition) is 5. The van der Waals surface area contributed by atoms with Gasteiger partial charge < -0.3 is 10.4 Å². The first kappa shape index (κ1) is 21.6. The Hall–Kier alpha value is -3.13. The zero-order chi connectivity index (χ0) is 21.7. The van der Waals surface area contributed by atoms with Gasteiger partial charge in [-0.25, -0.2) is 14.5 Å². The van der Waals surface area contributed by atoms with E-state index in [-0.39, 0.29) is 23.8 Å². The van der Waals surface area contributed by atoms with Gasteiger partial charge in [0, 0.05) is 23.7 Å². The molecule has 1 aliphatic rings. The number of aliphatic carboxylic acids is 1. The van der Waals surface area contributed by atoms with E-state index in [0.29, 0.717) is 11.1 Å². The number of carboxylic acids is 1. The number of urea groups is 1. The van der Waals surface area contributed by atoms with Gasteiger partial charge in [-0.1, -0.05) is 79.3 Å². The van der Waals surface area contributed by atoms with Crippen LogP contribution in [0.2, 0.25) is 0 Å². The van der Waals surface area contributed by atoms with Crippen molar-refractivity contribution in [3.8, 4) is 0 Å². The molecule has 0 aromatic heterocycles. The van der Waals surface area contributed by atoms with Crippen LogP contribution in [0.5, 0.6) is 0 Å².